The first-order chi connectivity index (χ1) is 15.5. The Morgan fingerprint density at radius 3 is 2.66 bits per heavy atom. The lowest BCUT2D eigenvalue weighted by Gasteiger charge is -2.38. The lowest BCUT2D eigenvalue weighted by Crippen LogP contribution is -2.50. The Kier molecular flexibility index (Phi) is 6.09. The molecule has 2 amide bonds. The summed E-state index contributed by atoms with van der Waals surface area (Å²) in [5, 5.41) is 13.0. The topological polar surface area (TPSA) is 91.3 Å². The summed E-state index contributed by atoms with van der Waals surface area (Å²) in [5.41, 5.74) is 1.80. The molecule has 174 valence electrons. The number of likely N-dealkylation sites (N-methyl/N-ethyl adjacent to an activating group) is 1. The van der Waals surface area contributed by atoms with Crippen LogP contribution in [0.3, 0.4) is 0 Å². The smallest absolute Gasteiger partial charge is 0.225 e. The number of benzene rings is 1. The van der Waals surface area contributed by atoms with Crippen LogP contribution in [0.1, 0.15) is 43.6 Å². The molecule has 3 heterocycles. The number of nitrogens with zero attached hydrogens (tertiary/aromatic N) is 2. The third-order valence-corrected chi connectivity index (χ3v) is 7.21. The number of piperazine rings is 1. The van der Waals surface area contributed by atoms with Gasteiger partial charge in [0.15, 0.2) is 0 Å². The van der Waals surface area contributed by atoms with E-state index in [-0.39, 0.29) is 36.5 Å². The van der Waals surface area contributed by atoms with E-state index in [1.807, 2.05) is 23.1 Å². The van der Waals surface area contributed by atoms with Crippen LogP contribution in [-0.2, 0) is 14.3 Å². The van der Waals surface area contributed by atoms with Gasteiger partial charge in [0.2, 0.25) is 11.8 Å². The number of aliphatic hydroxyl groups excluding tert-OH is 1. The third-order valence-electron chi connectivity index (χ3n) is 7.21. The number of carbonyl (C=O) groups is 2. The number of ether oxygens (including phenoxy) is 2. The number of carbonyl (C=O) groups excluding carboxylic acids is 2. The second-order valence-corrected chi connectivity index (χ2v) is 9.74. The predicted molar refractivity (Wildman–Crippen MR) is 119 cm³/mol. The fraction of sp³-hybridized carbons (Fsp3) is 0.667. The van der Waals surface area contributed by atoms with Crippen molar-refractivity contribution in [3.63, 3.8) is 0 Å². The van der Waals surface area contributed by atoms with Gasteiger partial charge in [-0.2, -0.15) is 0 Å². The van der Waals surface area contributed by atoms with Crippen molar-refractivity contribution >= 4 is 17.5 Å². The third kappa shape index (κ3) is 4.63. The molecule has 32 heavy (non-hydrogen) atoms. The molecule has 8 nitrogen and oxygen atoms in total. The summed E-state index contributed by atoms with van der Waals surface area (Å²) in [7, 11) is 2.07. The first-order valence-electron chi connectivity index (χ1n) is 11.8. The lowest BCUT2D eigenvalue weighted by atomic mass is 9.84. The zero-order valence-electron chi connectivity index (χ0n) is 18.7. The van der Waals surface area contributed by atoms with Crippen molar-refractivity contribution in [2.75, 3.05) is 45.2 Å². The fourth-order valence-corrected chi connectivity index (χ4v) is 5.14. The number of amides is 2. The number of anilines is 1. The molecule has 8 heteroatoms. The van der Waals surface area contributed by atoms with Gasteiger partial charge >= 0.3 is 0 Å². The molecule has 2 N–H and O–H groups in total. The number of hydrogen-bond acceptors (Lipinski definition) is 6. The summed E-state index contributed by atoms with van der Waals surface area (Å²) in [6, 6.07) is 5.74. The molecular weight excluding hydrogens is 410 g/mol. The van der Waals surface area contributed by atoms with Gasteiger partial charge in [0.05, 0.1) is 19.1 Å². The number of hydrogen-bond donors (Lipinski definition) is 2. The SMILES string of the molecule is CN1CCN(C(=O)C[C@H]2C[C@@H]3c4cc(NC(=O)CC5CC5)ccc4O[C@@H]3[C@H](CO)O2)CC1. The predicted octanol–water partition coefficient (Wildman–Crippen LogP) is 1.58. The Bertz CT molecular complexity index is 865. The molecule has 0 bridgehead atoms. The minimum Gasteiger partial charge on any atom is -0.487 e. The molecule has 3 fully saturated rings. The Morgan fingerprint density at radius 1 is 1.16 bits per heavy atom. The van der Waals surface area contributed by atoms with Crippen LogP contribution < -0.4 is 10.1 Å². The van der Waals surface area contributed by atoms with E-state index < -0.39 is 6.10 Å². The molecule has 4 aliphatic rings. The summed E-state index contributed by atoms with van der Waals surface area (Å²) in [6.45, 7) is 3.11. The van der Waals surface area contributed by atoms with E-state index in [0.29, 0.717) is 25.2 Å². The highest BCUT2D eigenvalue weighted by Gasteiger charge is 2.46. The summed E-state index contributed by atoms with van der Waals surface area (Å²) < 4.78 is 12.2. The monoisotopic (exact) mass is 443 g/mol. The van der Waals surface area contributed by atoms with E-state index in [2.05, 4.69) is 17.3 Å². The number of nitrogens with one attached hydrogen (secondary N) is 1. The maximum atomic E-state index is 12.9. The van der Waals surface area contributed by atoms with Crippen molar-refractivity contribution < 1.29 is 24.2 Å². The largest absolute Gasteiger partial charge is 0.487 e. The van der Waals surface area contributed by atoms with Crippen LogP contribution in [0.2, 0.25) is 0 Å². The number of aliphatic hydroxyl groups is 1. The van der Waals surface area contributed by atoms with Crippen LogP contribution in [0.5, 0.6) is 5.75 Å². The number of fused-ring (bicyclic) bond motifs is 3. The molecule has 0 spiro atoms. The molecule has 5 rings (SSSR count). The zero-order chi connectivity index (χ0) is 22.2. The molecule has 1 saturated carbocycles. The maximum absolute atomic E-state index is 12.9. The Morgan fingerprint density at radius 2 is 1.94 bits per heavy atom. The van der Waals surface area contributed by atoms with Crippen molar-refractivity contribution in [3.05, 3.63) is 23.8 Å². The molecule has 0 radical (unpaired) electrons. The van der Waals surface area contributed by atoms with Gasteiger partial charge in [0.25, 0.3) is 0 Å². The van der Waals surface area contributed by atoms with Gasteiger partial charge in [0, 0.05) is 49.8 Å². The van der Waals surface area contributed by atoms with Crippen molar-refractivity contribution in [1.82, 2.24) is 9.80 Å². The average molecular weight is 444 g/mol. The van der Waals surface area contributed by atoms with Crippen LogP contribution in [0.25, 0.3) is 0 Å². The van der Waals surface area contributed by atoms with Gasteiger partial charge in [-0.15, -0.1) is 0 Å². The van der Waals surface area contributed by atoms with Crippen LogP contribution in [0, 0.1) is 5.92 Å². The summed E-state index contributed by atoms with van der Waals surface area (Å²) in [6.07, 6.45) is 2.84. The molecule has 3 aliphatic heterocycles. The highest BCUT2D eigenvalue weighted by atomic mass is 16.6. The standard InChI is InChI=1S/C24H33N3O5/c1-26-6-8-27(9-7-26)23(30)13-17-12-19-18-11-16(25-22(29)10-15-2-3-15)4-5-20(18)32-24(19)21(14-28)31-17/h4-5,11,15,17,19,21,24,28H,2-3,6-10,12-14H2,1H3,(H,25,29)/t17-,19-,21+,24+/m1/s1. The fourth-order valence-electron chi connectivity index (χ4n) is 5.14. The van der Waals surface area contributed by atoms with Crippen molar-refractivity contribution in [3.8, 4) is 5.75 Å². The second kappa shape index (κ2) is 9.00. The Balaban J connectivity index is 1.27. The van der Waals surface area contributed by atoms with Gasteiger partial charge < -0.3 is 29.7 Å². The van der Waals surface area contributed by atoms with Crippen LogP contribution in [0.15, 0.2) is 18.2 Å². The van der Waals surface area contributed by atoms with Crippen LogP contribution in [0.4, 0.5) is 5.69 Å². The second-order valence-electron chi connectivity index (χ2n) is 9.74. The van der Waals surface area contributed by atoms with Gasteiger partial charge in [-0.3, -0.25) is 9.59 Å². The Hall–Kier alpha value is -2.16. The van der Waals surface area contributed by atoms with E-state index in [9.17, 15) is 14.7 Å². The average Bonchev–Trinajstić information content (AvgIpc) is 3.52. The number of rotatable bonds is 6. The van der Waals surface area contributed by atoms with Gasteiger partial charge in [-0.25, -0.2) is 0 Å². The van der Waals surface area contributed by atoms with Gasteiger partial charge in [-0.1, -0.05) is 0 Å². The summed E-state index contributed by atoms with van der Waals surface area (Å²) >= 11 is 0. The first kappa shape index (κ1) is 21.7. The Labute approximate surface area is 188 Å². The van der Waals surface area contributed by atoms with E-state index in [1.165, 1.54) is 0 Å². The quantitative estimate of drug-likeness (QED) is 0.694. The lowest BCUT2D eigenvalue weighted by molar-refractivity contribution is -0.150. The summed E-state index contributed by atoms with van der Waals surface area (Å²) in [4.78, 5) is 29.2. The van der Waals surface area contributed by atoms with E-state index >= 15 is 0 Å². The van der Waals surface area contributed by atoms with E-state index in [0.717, 1.165) is 56.0 Å². The van der Waals surface area contributed by atoms with Crippen LogP contribution in [-0.4, -0.2) is 84.9 Å². The molecule has 0 aromatic heterocycles. The minimum atomic E-state index is -0.473. The minimum absolute atomic E-state index is 0.0291. The van der Waals surface area contributed by atoms with Gasteiger partial charge in [-0.05, 0) is 50.4 Å². The molecule has 1 aromatic rings. The molecule has 4 atom stereocenters. The first-order valence-corrected chi connectivity index (χ1v) is 11.8. The van der Waals surface area contributed by atoms with Crippen molar-refractivity contribution in [2.45, 2.75) is 56.3 Å². The molecule has 1 aromatic carbocycles. The summed E-state index contributed by atoms with van der Waals surface area (Å²) in [5.74, 6) is 1.50. The normalized spacial score (nSPS) is 29.8. The van der Waals surface area contributed by atoms with Gasteiger partial charge in [0.1, 0.15) is 18.0 Å². The zero-order valence-corrected chi connectivity index (χ0v) is 18.7. The molecular formula is C24H33N3O5. The highest BCUT2D eigenvalue weighted by molar-refractivity contribution is 5.91. The molecule has 2 saturated heterocycles. The highest BCUT2D eigenvalue weighted by Crippen LogP contribution is 2.47. The maximum Gasteiger partial charge on any atom is 0.225 e. The van der Waals surface area contributed by atoms with E-state index in [4.69, 9.17) is 9.47 Å². The molecule has 1 aliphatic carbocycles. The van der Waals surface area contributed by atoms with Crippen molar-refractivity contribution in [2.24, 2.45) is 5.92 Å². The molecule has 0 unspecified atom stereocenters. The van der Waals surface area contributed by atoms with Crippen molar-refractivity contribution in [1.29, 1.82) is 0 Å². The van der Waals surface area contributed by atoms with Crippen LogP contribution >= 0.6 is 0 Å². The van der Waals surface area contributed by atoms with E-state index in [1.54, 1.807) is 0 Å².